The molecule has 152 valence electrons. The van der Waals surface area contributed by atoms with Crippen LogP contribution in [-0.4, -0.2) is 20.9 Å². The van der Waals surface area contributed by atoms with Crippen molar-refractivity contribution in [2.45, 2.75) is 34.6 Å². The molecule has 1 heterocycles. The van der Waals surface area contributed by atoms with E-state index in [9.17, 15) is 18.7 Å². The van der Waals surface area contributed by atoms with E-state index in [0.29, 0.717) is 5.56 Å². The van der Waals surface area contributed by atoms with Crippen molar-refractivity contribution in [1.29, 1.82) is 5.26 Å². The molecule has 2 aromatic carbocycles. The highest BCUT2D eigenvalue weighted by molar-refractivity contribution is 5.87. The molecule has 0 unspecified atom stereocenters. The van der Waals surface area contributed by atoms with E-state index >= 15 is 0 Å². The molecule has 0 spiro atoms. The Morgan fingerprint density at radius 2 is 1.69 bits per heavy atom. The molecule has 3 aromatic rings. The Morgan fingerprint density at radius 1 is 1.03 bits per heavy atom. The van der Waals surface area contributed by atoms with Gasteiger partial charge in [0, 0.05) is 5.56 Å². The number of halogens is 2. The maximum Gasteiger partial charge on any atom is 0.356 e. The molecule has 0 bridgehead atoms. The van der Waals surface area contributed by atoms with E-state index in [0.717, 1.165) is 10.7 Å². The number of aryl methyl sites for hydroxylation is 1. The smallest absolute Gasteiger partial charge is 0.356 e. The number of nitrogens with zero attached hydrogens (tertiary/aromatic N) is 3. The predicted molar refractivity (Wildman–Crippen MR) is 108 cm³/mol. The van der Waals surface area contributed by atoms with Crippen LogP contribution >= 0.6 is 0 Å². The Balaban J connectivity index is 0.000000989. The summed E-state index contributed by atoms with van der Waals surface area (Å²) in [6.07, 6.45) is 0. The third-order valence-electron chi connectivity index (χ3n) is 3.65. The highest BCUT2D eigenvalue weighted by Gasteiger charge is 2.19. The Hall–Kier alpha value is -3.53. The Bertz CT molecular complexity index is 1040. The lowest BCUT2D eigenvalue weighted by Crippen LogP contribution is -2.04. The van der Waals surface area contributed by atoms with Gasteiger partial charge < -0.3 is 5.11 Å². The average Bonchev–Trinajstić information content (AvgIpc) is 3.16. The number of aromatic nitrogens is 2. The monoisotopic (exact) mass is 399 g/mol. The molecule has 0 saturated heterocycles. The minimum atomic E-state index is -1.29. The fraction of sp³-hybridized carbons (Fsp3) is 0.227. The summed E-state index contributed by atoms with van der Waals surface area (Å²) in [5.74, 6) is -2.63. The zero-order valence-electron chi connectivity index (χ0n) is 17.0. The second kappa shape index (κ2) is 10.7. The SMILES string of the molecule is CC.CC.Cc1ccc(-n2nc(C(=O)O)cc2-c2ccc(C#N)c(F)c2)c(F)c1. The summed E-state index contributed by atoms with van der Waals surface area (Å²) in [6, 6.07) is 11.2. The van der Waals surface area contributed by atoms with Gasteiger partial charge in [-0.3, -0.25) is 0 Å². The van der Waals surface area contributed by atoms with Crippen LogP contribution in [0.15, 0.2) is 42.5 Å². The number of aromatic carboxylic acids is 1. The molecule has 0 aliphatic rings. The second-order valence-corrected chi connectivity index (χ2v) is 5.39. The summed E-state index contributed by atoms with van der Waals surface area (Å²) < 4.78 is 29.4. The molecule has 0 saturated carbocycles. The van der Waals surface area contributed by atoms with E-state index < -0.39 is 17.6 Å². The van der Waals surface area contributed by atoms with Gasteiger partial charge in [0.2, 0.25) is 0 Å². The maximum atomic E-state index is 14.3. The van der Waals surface area contributed by atoms with E-state index in [1.54, 1.807) is 19.1 Å². The molecular formula is C22H23F2N3O2. The number of hydrogen-bond acceptors (Lipinski definition) is 3. The molecule has 0 atom stereocenters. The highest BCUT2D eigenvalue weighted by Crippen LogP contribution is 2.27. The minimum absolute atomic E-state index is 0.0397. The van der Waals surface area contributed by atoms with Gasteiger partial charge in [0.1, 0.15) is 23.4 Å². The van der Waals surface area contributed by atoms with Gasteiger partial charge in [0.05, 0.1) is 11.3 Å². The van der Waals surface area contributed by atoms with Crippen LogP contribution in [0, 0.1) is 29.9 Å². The number of carbonyl (C=O) groups is 1. The first-order valence-electron chi connectivity index (χ1n) is 9.20. The Labute approximate surface area is 168 Å². The largest absolute Gasteiger partial charge is 0.476 e. The number of carboxylic acid groups (broad SMARTS) is 1. The van der Waals surface area contributed by atoms with Gasteiger partial charge >= 0.3 is 5.97 Å². The minimum Gasteiger partial charge on any atom is -0.476 e. The molecule has 7 heteroatoms. The number of rotatable bonds is 3. The van der Waals surface area contributed by atoms with Crippen LogP contribution in [-0.2, 0) is 0 Å². The molecule has 3 rings (SSSR count). The highest BCUT2D eigenvalue weighted by atomic mass is 19.1. The summed E-state index contributed by atoms with van der Waals surface area (Å²) in [6.45, 7) is 9.72. The van der Waals surface area contributed by atoms with Gasteiger partial charge in [-0.05, 0) is 42.8 Å². The molecule has 1 aromatic heterocycles. The van der Waals surface area contributed by atoms with Crippen molar-refractivity contribution < 1.29 is 18.7 Å². The average molecular weight is 399 g/mol. The summed E-state index contributed by atoms with van der Waals surface area (Å²) in [5, 5.41) is 21.9. The van der Waals surface area contributed by atoms with Crippen LogP contribution in [0.3, 0.4) is 0 Å². The molecular weight excluding hydrogens is 376 g/mol. The molecule has 0 aliphatic carbocycles. The van der Waals surface area contributed by atoms with Crippen molar-refractivity contribution >= 4 is 5.97 Å². The lowest BCUT2D eigenvalue weighted by atomic mass is 10.1. The Kier molecular flexibility index (Phi) is 8.69. The van der Waals surface area contributed by atoms with Crippen molar-refractivity contribution in [1.82, 2.24) is 9.78 Å². The van der Waals surface area contributed by atoms with Gasteiger partial charge in [-0.15, -0.1) is 0 Å². The third-order valence-corrected chi connectivity index (χ3v) is 3.65. The zero-order valence-corrected chi connectivity index (χ0v) is 17.0. The van der Waals surface area contributed by atoms with Crippen LogP contribution < -0.4 is 0 Å². The van der Waals surface area contributed by atoms with Crippen molar-refractivity contribution in [2.75, 3.05) is 0 Å². The fourth-order valence-corrected chi connectivity index (χ4v) is 2.42. The van der Waals surface area contributed by atoms with Crippen LogP contribution in [0.25, 0.3) is 16.9 Å². The van der Waals surface area contributed by atoms with E-state index in [1.165, 1.54) is 30.3 Å². The fourth-order valence-electron chi connectivity index (χ4n) is 2.42. The molecule has 29 heavy (non-hydrogen) atoms. The van der Waals surface area contributed by atoms with Crippen LogP contribution in [0.4, 0.5) is 8.78 Å². The van der Waals surface area contributed by atoms with Gasteiger partial charge in [-0.2, -0.15) is 10.4 Å². The molecule has 0 amide bonds. The lowest BCUT2D eigenvalue weighted by molar-refractivity contribution is 0.0690. The topological polar surface area (TPSA) is 78.9 Å². The lowest BCUT2D eigenvalue weighted by Gasteiger charge is -2.09. The van der Waals surface area contributed by atoms with Gasteiger partial charge in [0.25, 0.3) is 0 Å². The second-order valence-electron chi connectivity index (χ2n) is 5.39. The number of benzene rings is 2. The summed E-state index contributed by atoms with van der Waals surface area (Å²) in [4.78, 5) is 11.2. The van der Waals surface area contributed by atoms with Crippen molar-refractivity contribution in [2.24, 2.45) is 0 Å². The van der Waals surface area contributed by atoms with Gasteiger partial charge in [-0.1, -0.05) is 39.8 Å². The Morgan fingerprint density at radius 3 is 2.21 bits per heavy atom. The summed E-state index contributed by atoms with van der Waals surface area (Å²) >= 11 is 0. The van der Waals surface area contributed by atoms with E-state index in [4.69, 9.17) is 5.26 Å². The van der Waals surface area contributed by atoms with Gasteiger partial charge in [-0.25, -0.2) is 18.3 Å². The third kappa shape index (κ3) is 5.26. The van der Waals surface area contributed by atoms with Crippen molar-refractivity contribution in [3.8, 4) is 23.0 Å². The quantitative estimate of drug-likeness (QED) is 0.608. The first-order chi connectivity index (χ1) is 13.9. The van der Waals surface area contributed by atoms with E-state index in [-0.39, 0.29) is 28.2 Å². The number of hydrogen-bond donors (Lipinski definition) is 1. The van der Waals surface area contributed by atoms with Crippen LogP contribution in [0.1, 0.15) is 49.3 Å². The molecule has 0 radical (unpaired) electrons. The molecule has 1 N–H and O–H groups in total. The first-order valence-corrected chi connectivity index (χ1v) is 9.20. The van der Waals surface area contributed by atoms with Crippen molar-refractivity contribution in [3.63, 3.8) is 0 Å². The maximum absolute atomic E-state index is 14.3. The van der Waals surface area contributed by atoms with Crippen LogP contribution in [0.2, 0.25) is 0 Å². The zero-order chi connectivity index (χ0) is 22.1. The predicted octanol–water partition coefficient (Wildman–Crippen LogP) is 5.75. The number of carboxylic acids is 1. The first kappa shape index (κ1) is 23.5. The molecule has 0 aliphatic heterocycles. The van der Waals surface area contributed by atoms with E-state index in [1.807, 2.05) is 27.7 Å². The molecule has 5 nitrogen and oxygen atoms in total. The van der Waals surface area contributed by atoms with E-state index in [2.05, 4.69) is 5.10 Å². The normalized spacial score (nSPS) is 9.45. The van der Waals surface area contributed by atoms with Crippen molar-refractivity contribution in [3.05, 3.63) is 70.9 Å². The van der Waals surface area contributed by atoms with Crippen LogP contribution in [0.5, 0.6) is 0 Å². The standard InChI is InChI=1S/C18H11F2N3O2.2C2H6/c1-10-2-5-16(14(20)6-10)23-17(8-15(22-23)18(24)25)11-3-4-12(9-21)13(19)7-11;2*1-2/h2-8H,1H3,(H,24,25);2*1-2H3. The summed E-state index contributed by atoms with van der Waals surface area (Å²) in [5.41, 5.74) is 0.755. The van der Waals surface area contributed by atoms with Gasteiger partial charge in [0.15, 0.2) is 5.69 Å². The molecule has 0 fully saturated rings. The number of nitriles is 1. The summed E-state index contributed by atoms with van der Waals surface area (Å²) in [7, 11) is 0.